The number of hydrogen-bond donors (Lipinski definition) is 1. The molecular formula is C17H13BrClN3. The van der Waals surface area contributed by atoms with Crippen LogP contribution in [0.2, 0.25) is 5.02 Å². The molecule has 3 nitrogen and oxygen atoms in total. The molecule has 0 amide bonds. The molecule has 2 aromatic carbocycles. The molecule has 1 aliphatic heterocycles. The average molecular weight is 375 g/mol. The molecule has 1 aliphatic rings. The van der Waals surface area contributed by atoms with Gasteiger partial charge in [-0.2, -0.15) is 5.10 Å². The molecule has 0 bridgehead atoms. The van der Waals surface area contributed by atoms with Gasteiger partial charge in [0.15, 0.2) is 0 Å². The van der Waals surface area contributed by atoms with Crippen LogP contribution in [0.15, 0.2) is 53.0 Å². The van der Waals surface area contributed by atoms with Crippen LogP contribution in [0, 0.1) is 0 Å². The third kappa shape index (κ3) is 2.32. The van der Waals surface area contributed by atoms with Gasteiger partial charge < -0.3 is 5.32 Å². The van der Waals surface area contributed by atoms with Gasteiger partial charge in [-0.05, 0) is 36.8 Å². The fourth-order valence-electron chi connectivity index (χ4n) is 2.84. The van der Waals surface area contributed by atoms with Gasteiger partial charge in [-0.15, -0.1) is 0 Å². The van der Waals surface area contributed by atoms with E-state index < -0.39 is 0 Å². The Morgan fingerprint density at radius 3 is 2.82 bits per heavy atom. The normalized spacial score (nSPS) is 13.0. The number of aromatic nitrogens is 2. The second-order valence-electron chi connectivity index (χ2n) is 5.25. The molecule has 0 radical (unpaired) electrons. The molecule has 1 N–H and O–H groups in total. The first-order valence-electron chi connectivity index (χ1n) is 7.10. The maximum atomic E-state index is 6.13. The number of nitrogens with one attached hydrogen (secondary N) is 1. The summed E-state index contributed by atoms with van der Waals surface area (Å²) >= 11 is 9.66. The van der Waals surface area contributed by atoms with Crippen LogP contribution in [0.4, 0.5) is 5.82 Å². The molecule has 110 valence electrons. The minimum absolute atomic E-state index is 0.731. The van der Waals surface area contributed by atoms with E-state index in [1.54, 1.807) is 0 Å². The predicted molar refractivity (Wildman–Crippen MR) is 93.9 cm³/mol. The van der Waals surface area contributed by atoms with Gasteiger partial charge in [0.1, 0.15) is 5.82 Å². The van der Waals surface area contributed by atoms with Gasteiger partial charge >= 0.3 is 0 Å². The van der Waals surface area contributed by atoms with Gasteiger partial charge in [-0.25, -0.2) is 4.68 Å². The van der Waals surface area contributed by atoms with Gasteiger partial charge in [-0.1, -0.05) is 45.7 Å². The highest BCUT2D eigenvalue weighted by atomic mass is 79.9. The van der Waals surface area contributed by atoms with Crippen LogP contribution in [0.25, 0.3) is 16.9 Å². The van der Waals surface area contributed by atoms with Crippen LogP contribution >= 0.6 is 27.5 Å². The molecule has 0 aliphatic carbocycles. The van der Waals surface area contributed by atoms with Crippen LogP contribution < -0.4 is 5.32 Å². The molecule has 5 heteroatoms. The molecule has 4 rings (SSSR count). The summed E-state index contributed by atoms with van der Waals surface area (Å²) in [6, 6.07) is 16.0. The Labute approximate surface area is 142 Å². The number of nitrogens with zero attached hydrogens (tertiary/aromatic N) is 2. The topological polar surface area (TPSA) is 29.9 Å². The summed E-state index contributed by atoms with van der Waals surface area (Å²) < 4.78 is 3.01. The lowest BCUT2D eigenvalue weighted by atomic mass is 10.1. The summed E-state index contributed by atoms with van der Waals surface area (Å²) in [4.78, 5) is 0. The fraction of sp³-hybridized carbons (Fsp3) is 0.118. The van der Waals surface area contributed by atoms with Crippen molar-refractivity contribution in [3.8, 4) is 16.9 Å². The van der Waals surface area contributed by atoms with Crippen molar-refractivity contribution in [2.75, 3.05) is 11.9 Å². The van der Waals surface area contributed by atoms with E-state index in [0.717, 1.165) is 45.2 Å². The number of fused-ring (bicyclic) bond motifs is 1. The Bertz CT molecular complexity index is 789. The van der Waals surface area contributed by atoms with Crippen molar-refractivity contribution in [3.63, 3.8) is 0 Å². The number of rotatable bonds is 2. The Balaban J connectivity index is 1.90. The summed E-state index contributed by atoms with van der Waals surface area (Å²) in [5.41, 5.74) is 4.35. The van der Waals surface area contributed by atoms with Gasteiger partial charge in [0.2, 0.25) is 0 Å². The highest BCUT2D eigenvalue weighted by molar-refractivity contribution is 9.10. The minimum Gasteiger partial charge on any atom is -0.369 e. The van der Waals surface area contributed by atoms with Crippen molar-refractivity contribution in [2.24, 2.45) is 0 Å². The highest BCUT2D eigenvalue weighted by Crippen LogP contribution is 2.35. The Morgan fingerprint density at radius 2 is 2.00 bits per heavy atom. The largest absolute Gasteiger partial charge is 0.369 e. The first-order chi connectivity index (χ1) is 10.7. The van der Waals surface area contributed by atoms with Crippen LogP contribution in [0.3, 0.4) is 0 Å². The molecule has 1 aromatic heterocycles. The van der Waals surface area contributed by atoms with E-state index in [1.807, 2.05) is 35.0 Å². The zero-order valence-corrected chi connectivity index (χ0v) is 14.0. The summed E-state index contributed by atoms with van der Waals surface area (Å²) in [6.07, 6.45) is 0.977. The third-order valence-electron chi connectivity index (χ3n) is 3.80. The zero-order valence-electron chi connectivity index (χ0n) is 11.7. The van der Waals surface area contributed by atoms with Crippen molar-refractivity contribution >= 4 is 33.3 Å². The number of hydrogen-bond acceptors (Lipinski definition) is 2. The van der Waals surface area contributed by atoms with Crippen molar-refractivity contribution < 1.29 is 0 Å². The van der Waals surface area contributed by atoms with Crippen LogP contribution in [0.1, 0.15) is 5.56 Å². The maximum Gasteiger partial charge on any atom is 0.133 e. The summed E-state index contributed by atoms with van der Waals surface area (Å²) in [7, 11) is 0. The first-order valence-corrected chi connectivity index (χ1v) is 8.27. The van der Waals surface area contributed by atoms with E-state index in [9.17, 15) is 0 Å². The second kappa shape index (κ2) is 5.45. The number of halogens is 2. The highest BCUT2D eigenvalue weighted by Gasteiger charge is 2.23. The number of anilines is 1. The first kappa shape index (κ1) is 13.9. The molecule has 0 saturated carbocycles. The fourth-order valence-corrected chi connectivity index (χ4v) is 3.41. The van der Waals surface area contributed by atoms with E-state index >= 15 is 0 Å². The zero-order chi connectivity index (χ0) is 15.1. The summed E-state index contributed by atoms with van der Waals surface area (Å²) in [6.45, 7) is 0.939. The average Bonchev–Trinajstić information content (AvgIpc) is 3.09. The molecule has 2 heterocycles. The molecule has 0 saturated heterocycles. The van der Waals surface area contributed by atoms with Gasteiger partial charge in [-0.3, -0.25) is 0 Å². The predicted octanol–water partition coefficient (Wildman–Crippen LogP) is 4.92. The minimum atomic E-state index is 0.731. The third-order valence-corrected chi connectivity index (χ3v) is 4.53. The smallest absolute Gasteiger partial charge is 0.133 e. The Hall–Kier alpha value is -1.78. The summed E-state index contributed by atoms with van der Waals surface area (Å²) in [5.74, 6) is 1.08. The number of benzene rings is 2. The van der Waals surface area contributed by atoms with Gasteiger partial charge in [0.25, 0.3) is 0 Å². The molecule has 0 spiro atoms. The lowest BCUT2D eigenvalue weighted by Crippen LogP contribution is -2.04. The SMILES string of the molecule is Clc1cccc(-c2nn(-c3cccc(Br)c3)c3c2CCN3)c1. The van der Waals surface area contributed by atoms with Crippen LogP contribution in [-0.2, 0) is 6.42 Å². The van der Waals surface area contributed by atoms with Crippen molar-refractivity contribution in [1.82, 2.24) is 9.78 Å². The molecule has 22 heavy (non-hydrogen) atoms. The summed E-state index contributed by atoms with van der Waals surface area (Å²) in [5, 5.41) is 9.00. The van der Waals surface area contributed by atoms with Crippen molar-refractivity contribution in [1.29, 1.82) is 0 Å². The Kier molecular flexibility index (Phi) is 3.43. The van der Waals surface area contributed by atoms with Crippen LogP contribution in [-0.4, -0.2) is 16.3 Å². The lowest BCUT2D eigenvalue weighted by molar-refractivity contribution is 0.882. The van der Waals surface area contributed by atoms with E-state index in [1.165, 1.54) is 5.56 Å². The second-order valence-corrected chi connectivity index (χ2v) is 6.61. The van der Waals surface area contributed by atoms with Gasteiger partial charge in [0.05, 0.1) is 11.4 Å². The van der Waals surface area contributed by atoms with E-state index in [4.69, 9.17) is 16.7 Å². The van der Waals surface area contributed by atoms with E-state index in [0.29, 0.717) is 0 Å². The molecular weight excluding hydrogens is 362 g/mol. The quantitative estimate of drug-likeness (QED) is 0.690. The van der Waals surface area contributed by atoms with Crippen molar-refractivity contribution in [3.05, 3.63) is 63.6 Å². The van der Waals surface area contributed by atoms with Crippen LogP contribution in [0.5, 0.6) is 0 Å². The standard InChI is InChI=1S/C17H13BrClN3/c18-12-4-2-6-14(10-12)22-17-15(7-8-20-17)16(21-22)11-3-1-5-13(19)9-11/h1-6,9-10,20H,7-8H2. The molecule has 3 aromatic rings. The Morgan fingerprint density at radius 1 is 1.14 bits per heavy atom. The van der Waals surface area contributed by atoms with Gasteiger partial charge in [0, 0.05) is 27.2 Å². The van der Waals surface area contributed by atoms with E-state index in [2.05, 4.69) is 39.4 Å². The molecule has 0 unspecified atom stereocenters. The molecule has 0 fully saturated rings. The van der Waals surface area contributed by atoms with Crippen molar-refractivity contribution in [2.45, 2.75) is 6.42 Å². The lowest BCUT2D eigenvalue weighted by Gasteiger charge is -2.06. The van der Waals surface area contributed by atoms with E-state index in [-0.39, 0.29) is 0 Å². The maximum absolute atomic E-state index is 6.13. The monoisotopic (exact) mass is 373 g/mol. The molecule has 0 atom stereocenters.